The van der Waals surface area contributed by atoms with Crippen LogP contribution in [0.1, 0.15) is 67.2 Å². The normalized spacial score (nSPS) is 15.3. The van der Waals surface area contributed by atoms with Gasteiger partial charge in [-0.05, 0) is 45.9 Å². The zero-order valence-corrected chi connectivity index (χ0v) is 13.7. The van der Waals surface area contributed by atoms with Crippen LogP contribution in [-0.2, 0) is 0 Å². The lowest BCUT2D eigenvalue weighted by Crippen LogP contribution is -2.42. The zero-order valence-electron chi connectivity index (χ0n) is 13.7. The molecule has 0 rings (SSSR count). The van der Waals surface area contributed by atoms with Crippen molar-refractivity contribution in [2.24, 2.45) is 0 Å². The fraction of sp³-hybridized carbons (Fsp3) is 1.00. The second-order valence-electron chi connectivity index (χ2n) is 5.32. The summed E-state index contributed by atoms with van der Waals surface area (Å²) in [6.45, 7) is 18.6. The van der Waals surface area contributed by atoms with Crippen LogP contribution >= 0.6 is 0 Å². The van der Waals surface area contributed by atoms with Gasteiger partial charge in [-0.25, -0.2) is 0 Å². The minimum Gasteiger partial charge on any atom is -0.301 e. The third kappa shape index (κ3) is 6.19. The van der Waals surface area contributed by atoms with Crippen LogP contribution < -0.4 is 0 Å². The number of nitrogens with zero attached hydrogens (tertiary/aromatic N) is 2. The summed E-state index contributed by atoms with van der Waals surface area (Å²) in [5, 5.41) is 0. The molecule has 0 aromatic heterocycles. The van der Waals surface area contributed by atoms with E-state index in [2.05, 4.69) is 51.3 Å². The van der Waals surface area contributed by atoms with E-state index in [9.17, 15) is 0 Å². The fourth-order valence-electron chi connectivity index (χ4n) is 3.02. The molecule has 0 saturated heterocycles. The molecule has 0 aromatic carbocycles. The monoisotopic (exact) mass is 256 g/mol. The first kappa shape index (κ1) is 17.9. The molecule has 0 heterocycles. The van der Waals surface area contributed by atoms with Gasteiger partial charge in [-0.3, -0.25) is 0 Å². The first-order valence-electron chi connectivity index (χ1n) is 8.12. The molecule has 0 aliphatic heterocycles. The van der Waals surface area contributed by atoms with Gasteiger partial charge in [0.15, 0.2) is 0 Å². The summed E-state index contributed by atoms with van der Waals surface area (Å²) in [6.07, 6.45) is 5.37. The Labute approximate surface area is 116 Å². The van der Waals surface area contributed by atoms with Crippen LogP contribution in [-0.4, -0.2) is 48.1 Å². The predicted molar refractivity (Wildman–Crippen MR) is 83.2 cm³/mol. The van der Waals surface area contributed by atoms with E-state index in [-0.39, 0.29) is 0 Å². The van der Waals surface area contributed by atoms with Gasteiger partial charge in [0.1, 0.15) is 0 Å². The van der Waals surface area contributed by atoms with Crippen molar-refractivity contribution < 1.29 is 0 Å². The molecular weight excluding hydrogens is 220 g/mol. The quantitative estimate of drug-likeness (QED) is 0.551. The van der Waals surface area contributed by atoms with Crippen LogP contribution in [0.5, 0.6) is 0 Å². The zero-order chi connectivity index (χ0) is 14.0. The molecule has 18 heavy (non-hydrogen) atoms. The number of hydrogen-bond donors (Lipinski definition) is 0. The molecule has 0 bridgehead atoms. The first-order valence-corrected chi connectivity index (χ1v) is 8.12. The Bertz CT molecular complexity index is 174. The standard InChI is InChI=1S/C16H36N2/c1-7-12-13-16(18(10-4)11-5)14-15(6)17(8-2)9-3/h15-16H,7-14H2,1-6H3. The van der Waals surface area contributed by atoms with E-state index in [4.69, 9.17) is 0 Å². The molecule has 0 N–H and O–H groups in total. The highest BCUT2D eigenvalue weighted by Gasteiger charge is 2.20. The fourth-order valence-corrected chi connectivity index (χ4v) is 3.02. The maximum atomic E-state index is 2.65. The Morgan fingerprint density at radius 3 is 1.67 bits per heavy atom. The predicted octanol–water partition coefficient (Wildman–Crippen LogP) is 4.01. The van der Waals surface area contributed by atoms with Crippen LogP contribution in [0.3, 0.4) is 0 Å². The molecule has 2 atom stereocenters. The molecule has 0 radical (unpaired) electrons. The van der Waals surface area contributed by atoms with Crippen LogP contribution in [0.15, 0.2) is 0 Å². The van der Waals surface area contributed by atoms with Crippen LogP contribution in [0.25, 0.3) is 0 Å². The van der Waals surface area contributed by atoms with E-state index in [0.717, 1.165) is 6.04 Å². The molecule has 110 valence electrons. The lowest BCUT2D eigenvalue weighted by Gasteiger charge is -2.35. The summed E-state index contributed by atoms with van der Waals surface area (Å²) >= 11 is 0. The van der Waals surface area contributed by atoms with Gasteiger partial charge in [-0.2, -0.15) is 0 Å². The molecule has 0 saturated carbocycles. The van der Waals surface area contributed by atoms with Crippen molar-refractivity contribution in [3.05, 3.63) is 0 Å². The van der Waals surface area contributed by atoms with Gasteiger partial charge in [0.2, 0.25) is 0 Å². The number of unbranched alkanes of at least 4 members (excludes halogenated alkanes) is 1. The second kappa shape index (κ2) is 10.8. The van der Waals surface area contributed by atoms with E-state index in [1.54, 1.807) is 0 Å². The Balaban J connectivity index is 4.45. The summed E-state index contributed by atoms with van der Waals surface area (Å²) < 4.78 is 0. The third-order valence-electron chi connectivity index (χ3n) is 4.27. The van der Waals surface area contributed by atoms with Gasteiger partial charge >= 0.3 is 0 Å². The molecule has 0 spiro atoms. The summed E-state index contributed by atoms with van der Waals surface area (Å²) in [7, 11) is 0. The molecule has 0 fully saturated rings. The third-order valence-corrected chi connectivity index (χ3v) is 4.27. The Morgan fingerprint density at radius 1 is 0.778 bits per heavy atom. The molecule has 2 nitrogen and oxygen atoms in total. The first-order chi connectivity index (χ1) is 8.64. The molecule has 0 aromatic rings. The Hall–Kier alpha value is -0.0800. The van der Waals surface area contributed by atoms with E-state index in [0.29, 0.717) is 6.04 Å². The van der Waals surface area contributed by atoms with Crippen molar-refractivity contribution in [1.82, 2.24) is 9.80 Å². The van der Waals surface area contributed by atoms with E-state index < -0.39 is 0 Å². The van der Waals surface area contributed by atoms with Gasteiger partial charge in [0.05, 0.1) is 0 Å². The second-order valence-corrected chi connectivity index (χ2v) is 5.32. The van der Waals surface area contributed by atoms with E-state index in [1.807, 2.05) is 0 Å². The molecule has 0 aliphatic rings. The minimum absolute atomic E-state index is 0.711. The van der Waals surface area contributed by atoms with Crippen molar-refractivity contribution in [2.75, 3.05) is 26.2 Å². The Kier molecular flexibility index (Phi) is 10.8. The highest BCUT2D eigenvalue weighted by Crippen LogP contribution is 2.17. The number of hydrogen-bond acceptors (Lipinski definition) is 2. The van der Waals surface area contributed by atoms with E-state index in [1.165, 1.54) is 51.9 Å². The van der Waals surface area contributed by atoms with Crippen molar-refractivity contribution in [3.63, 3.8) is 0 Å². The van der Waals surface area contributed by atoms with Crippen LogP contribution in [0.4, 0.5) is 0 Å². The molecule has 0 aliphatic carbocycles. The highest BCUT2D eigenvalue weighted by atomic mass is 15.2. The van der Waals surface area contributed by atoms with Crippen LogP contribution in [0, 0.1) is 0 Å². The van der Waals surface area contributed by atoms with Gasteiger partial charge in [0, 0.05) is 12.1 Å². The van der Waals surface area contributed by atoms with Gasteiger partial charge in [-0.1, -0.05) is 47.5 Å². The smallest absolute Gasteiger partial charge is 0.0110 e. The lowest BCUT2D eigenvalue weighted by atomic mass is 9.99. The van der Waals surface area contributed by atoms with Gasteiger partial charge < -0.3 is 9.80 Å². The largest absolute Gasteiger partial charge is 0.301 e. The summed E-state index contributed by atoms with van der Waals surface area (Å²) in [6, 6.07) is 1.48. The van der Waals surface area contributed by atoms with Crippen molar-refractivity contribution in [3.8, 4) is 0 Å². The van der Waals surface area contributed by atoms with Gasteiger partial charge in [0.25, 0.3) is 0 Å². The topological polar surface area (TPSA) is 6.48 Å². The minimum atomic E-state index is 0.711. The molecular formula is C16H36N2. The SMILES string of the molecule is CCCCC(CC(C)N(CC)CC)N(CC)CC. The maximum absolute atomic E-state index is 2.65. The van der Waals surface area contributed by atoms with Gasteiger partial charge in [-0.15, -0.1) is 0 Å². The van der Waals surface area contributed by atoms with Crippen LogP contribution in [0.2, 0.25) is 0 Å². The summed E-state index contributed by atoms with van der Waals surface area (Å²) in [5.74, 6) is 0. The van der Waals surface area contributed by atoms with Crippen molar-refractivity contribution in [2.45, 2.75) is 79.3 Å². The average molecular weight is 256 g/mol. The molecule has 0 amide bonds. The molecule has 2 unspecified atom stereocenters. The van der Waals surface area contributed by atoms with E-state index >= 15 is 0 Å². The summed E-state index contributed by atoms with van der Waals surface area (Å²) in [5.41, 5.74) is 0. The van der Waals surface area contributed by atoms with Crippen molar-refractivity contribution >= 4 is 0 Å². The average Bonchev–Trinajstić information content (AvgIpc) is 2.38. The summed E-state index contributed by atoms with van der Waals surface area (Å²) in [4.78, 5) is 5.23. The highest BCUT2D eigenvalue weighted by molar-refractivity contribution is 4.77. The Morgan fingerprint density at radius 2 is 1.28 bits per heavy atom. The molecule has 2 heteroatoms. The van der Waals surface area contributed by atoms with Crippen molar-refractivity contribution in [1.29, 1.82) is 0 Å². The number of rotatable bonds is 11. The maximum Gasteiger partial charge on any atom is 0.0110 e. The lowest BCUT2D eigenvalue weighted by molar-refractivity contribution is 0.137.